The van der Waals surface area contributed by atoms with E-state index in [1.54, 1.807) is 0 Å². The van der Waals surface area contributed by atoms with Crippen LogP contribution in [0.5, 0.6) is 0 Å². The molecule has 0 N–H and O–H groups in total. The van der Waals surface area contributed by atoms with Crippen molar-refractivity contribution in [3.05, 3.63) is 199 Å². The van der Waals surface area contributed by atoms with Crippen LogP contribution in [0.25, 0.3) is 81.4 Å². The van der Waals surface area contributed by atoms with Gasteiger partial charge in [-0.15, -0.1) is 11.8 Å². The second kappa shape index (κ2) is 12.5. The maximum absolute atomic E-state index is 2.45. The fraction of sp³-hybridized carbons (Fsp3) is 0.0400. The van der Waals surface area contributed by atoms with Gasteiger partial charge in [0.1, 0.15) is 0 Å². The number of benzene rings is 9. The van der Waals surface area contributed by atoms with Gasteiger partial charge in [0.15, 0.2) is 0 Å². The van der Waals surface area contributed by atoms with Crippen LogP contribution in [0.4, 0.5) is 0 Å². The topological polar surface area (TPSA) is 0 Å². The Labute approximate surface area is 302 Å². The molecule has 10 rings (SSSR count). The lowest BCUT2D eigenvalue weighted by molar-refractivity contribution is 0.991. The Hall–Kier alpha value is -5.89. The number of hydrogen-bond acceptors (Lipinski definition) is 1. The molecule has 0 aromatic heterocycles. The molecule has 0 saturated carbocycles. The van der Waals surface area contributed by atoms with Gasteiger partial charge in [-0.1, -0.05) is 170 Å². The van der Waals surface area contributed by atoms with Crippen molar-refractivity contribution >= 4 is 59.8 Å². The zero-order valence-electron chi connectivity index (χ0n) is 28.1. The molecule has 0 amide bonds. The van der Waals surface area contributed by atoms with E-state index < -0.39 is 0 Å². The molecule has 1 heteroatoms. The average molecular weight is 667 g/mol. The highest BCUT2D eigenvalue weighted by atomic mass is 32.2. The van der Waals surface area contributed by atoms with Crippen LogP contribution in [0.2, 0.25) is 0 Å². The molecule has 0 fully saturated rings. The van der Waals surface area contributed by atoms with Gasteiger partial charge in [0.05, 0.1) is 0 Å². The third kappa shape index (κ3) is 5.33. The first-order chi connectivity index (χ1) is 25.3. The van der Waals surface area contributed by atoms with Crippen molar-refractivity contribution in [1.29, 1.82) is 0 Å². The monoisotopic (exact) mass is 666 g/mol. The molecular formula is C50H34S. The average Bonchev–Trinajstić information content (AvgIpc) is 3.71. The Morgan fingerprint density at radius 3 is 1.57 bits per heavy atom. The van der Waals surface area contributed by atoms with Crippen molar-refractivity contribution in [1.82, 2.24) is 0 Å². The molecule has 1 unspecified atom stereocenters. The predicted molar refractivity (Wildman–Crippen MR) is 222 cm³/mol. The third-order valence-corrected chi connectivity index (χ3v) is 11.9. The number of allylic oxidation sites excluding steroid dienone is 1. The van der Waals surface area contributed by atoms with E-state index in [1.807, 2.05) is 11.8 Å². The van der Waals surface area contributed by atoms with Crippen LogP contribution in [0, 0.1) is 0 Å². The smallest absolute Gasteiger partial charge is 0.0379 e. The number of hydrogen-bond donors (Lipinski definition) is 0. The van der Waals surface area contributed by atoms with Gasteiger partial charge in [-0.3, -0.25) is 0 Å². The van der Waals surface area contributed by atoms with E-state index in [1.165, 1.54) is 92.5 Å². The SMILES string of the molecule is C1=C(c2ccccc2)SC(c2cccc(-c3ccc4c(-c5ccc6ccccc6c5)c5ccccc5c(-c5ccc6ccccc6c5)c4c3)c2)C1. The molecule has 51 heavy (non-hydrogen) atoms. The molecule has 0 spiro atoms. The molecule has 9 aromatic rings. The summed E-state index contributed by atoms with van der Waals surface area (Å²) >= 11 is 1.99. The molecule has 9 aromatic carbocycles. The van der Waals surface area contributed by atoms with Gasteiger partial charge in [0.25, 0.3) is 0 Å². The van der Waals surface area contributed by atoms with Crippen molar-refractivity contribution in [2.45, 2.75) is 11.7 Å². The van der Waals surface area contributed by atoms with E-state index in [-0.39, 0.29) is 0 Å². The van der Waals surface area contributed by atoms with E-state index in [9.17, 15) is 0 Å². The zero-order chi connectivity index (χ0) is 33.7. The van der Waals surface area contributed by atoms with Crippen LogP contribution in [0.15, 0.2) is 188 Å². The first-order valence-corrected chi connectivity index (χ1v) is 18.6. The van der Waals surface area contributed by atoms with E-state index >= 15 is 0 Å². The second-order valence-corrected chi connectivity index (χ2v) is 14.8. The lowest BCUT2D eigenvalue weighted by Gasteiger charge is -2.19. The molecule has 0 nitrogen and oxygen atoms in total. The largest absolute Gasteiger partial charge is 0.117 e. The fourth-order valence-electron chi connectivity index (χ4n) is 8.04. The molecule has 1 heterocycles. The van der Waals surface area contributed by atoms with Crippen LogP contribution in [0.3, 0.4) is 0 Å². The molecule has 0 saturated heterocycles. The van der Waals surface area contributed by atoms with E-state index in [0.29, 0.717) is 5.25 Å². The Kier molecular flexibility index (Phi) is 7.32. The van der Waals surface area contributed by atoms with Gasteiger partial charge >= 0.3 is 0 Å². The molecule has 0 aliphatic carbocycles. The van der Waals surface area contributed by atoms with Crippen LogP contribution in [-0.2, 0) is 0 Å². The highest BCUT2D eigenvalue weighted by Gasteiger charge is 2.22. The standard InChI is InChI=1S/C50H34S/c1-2-13-35(14-3-1)47-27-28-48(51-47)40-18-10-17-38(29-40)39-25-26-45-46(32-39)50(42-24-22-34-12-5-7-16-37(34)31-42)44-20-9-8-19-43(44)49(45)41-23-21-33-11-4-6-15-36(33)30-41/h1-27,29-32,48H,28H2. The fourth-order valence-corrected chi connectivity index (χ4v) is 9.29. The molecule has 1 aliphatic rings. The van der Waals surface area contributed by atoms with Crippen molar-refractivity contribution in [3.8, 4) is 33.4 Å². The molecule has 0 radical (unpaired) electrons. The van der Waals surface area contributed by atoms with Crippen molar-refractivity contribution < 1.29 is 0 Å². The molecule has 240 valence electrons. The zero-order valence-corrected chi connectivity index (χ0v) is 28.9. The second-order valence-electron chi connectivity index (χ2n) is 13.6. The first kappa shape index (κ1) is 30.0. The number of rotatable bonds is 5. The van der Waals surface area contributed by atoms with Gasteiger partial charge in [-0.2, -0.15) is 0 Å². The van der Waals surface area contributed by atoms with Crippen LogP contribution >= 0.6 is 11.8 Å². The molecule has 1 aliphatic heterocycles. The van der Waals surface area contributed by atoms with E-state index in [4.69, 9.17) is 0 Å². The highest BCUT2D eigenvalue weighted by Crippen LogP contribution is 2.49. The molecular weight excluding hydrogens is 633 g/mol. The van der Waals surface area contributed by atoms with Crippen molar-refractivity contribution in [2.24, 2.45) is 0 Å². The maximum Gasteiger partial charge on any atom is 0.0379 e. The Bertz CT molecular complexity index is 2810. The summed E-state index contributed by atoms with van der Waals surface area (Å²) in [5.74, 6) is 0. The molecule has 1 atom stereocenters. The summed E-state index contributed by atoms with van der Waals surface area (Å²) < 4.78 is 0. The highest BCUT2D eigenvalue weighted by molar-refractivity contribution is 8.08. The van der Waals surface area contributed by atoms with E-state index in [0.717, 1.165) is 6.42 Å². The minimum atomic E-state index is 0.414. The Balaban J connectivity index is 1.17. The number of fused-ring (bicyclic) bond motifs is 4. The predicted octanol–water partition coefficient (Wildman–Crippen LogP) is 14.5. The van der Waals surface area contributed by atoms with Gasteiger partial charge in [0.2, 0.25) is 0 Å². The number of thioether (sulfide) groups is 1. The normalized spacial score (nSPS) is 14.4. The molecule has 0 bridgehead atoms. The first-order valence-electron chi connectivity index (χ1n) is 17.8. The minimum Gasteiger partial charge on any atom is -0.117 e. The minimum absolute atomic E-state index is 0.414. The van der Waals surface area contributed by atoms with E-state index in [2.05, 4.69) is 188 Å². The van der Waals surface area contributed by atoms with Gasteiger partial charge in [-0.05, 0) is 112 Å². The third-order valence-electron chi connectivity index (χ3n) is 10.5. The van der Waals surface area contributed by atoms with Crippen LogP contribution in [0.1, 0.15) is 22.8 Å². The summed E-state index contributed by atoms with van der Waals surface area (Å²) in [4.78, 5) is 1.38. The van der Waals surface area contributed by atoms with Gasteiger partial charge in [-0.25, -0.2) is 0 Å². The quantitative estimate of drug-likeness (QED) is 0.165. The summed E-state index contributed by atoms with van der Waals surface area (Å²) in [6.45, 7) is 0. The summed E-state index contributed by atoms with van der Waals surface area (Å²) in [6.07, 6.45) is 3.45. The summed E-state index contributed by atoms with van der Waals surface area (Å²) in [5.41, 5.74) is 10.3. The van der Waals surface area contributed by atoms with Crippen LogP contribution < -0.4 is 0 Å². The summed E-state index contributed by atoms with van der Waals surface area (Å²) in [5, 5.41) is 10.5. The van der Waals surface area contributed by atoms with Gasteiger partial charge < -0.3 is 0 Å². The van der Waals surface area contributed by atoms with Crippen molar-refractivity contribution in [2.75, 3.05) is 0 Å². The Morgan fingerprint density at radius 1 is 0.353 bits per heavy atom. The Morgan fingerprint density at radius 2 is 0.882 bits per heavy atom. The van der Waals surface area contributed by atoms with Gasteiger partial charge in [0, 0.05) is 10.2 Å². The van der Waals surface area contributed by atoms with Crippen LogP contribution in [-0.4, -0.2) is 0 Å². The summed E-state index contributed by atoms with van der Waals surface area (Å²) in [7, 11) is 0. The maximum atomic E-state index is 2.45. The van der Waals surface area contributed by atoms with Crippen molar-refractivity contribution in [3.63, 3.8) is 0 Å². The lowest BCUT2D eigenvalue weighted by atomic mass is 9.84. The lowest BCUT2D eigenvalue weighted by Crippen LogP contribution is -1.93. The summed E-state index contributed by atoms with van der Waals surface area (Å²) in [6, 6.07) is 67.4.